The molecule has 3 rings (SSSR count). The third-order valence-corrected chi connectivity index (χ3v) is 7.22. The molecule has 0 aromatic carbocycles. The van der Waals surface area contributed by atoms with Gasteiger partial charge in [0.2, 0.25) is 0 Å². The number of rotatable bonds is 2. The Morgan fingerprint density at radius 3 is 2.84 bits per heavy atom. The highest BCUT2D eigenvalue weighted by Crippen LogP contribution is 2.35. The Balaban J connectivity index is 1.78. The lowest BCUT2D eigenvalue weighted by Gasteiger charge is -2.29. The van der Waals surface area contributed by atoms with Gasteiger partial charge >= 0.3 is 0 Å². The molecular formula is C13H16Br2N2OS. The Morgan fingerprint density at radius 1 is 1.37 bits per heavy atom. The zero-order valence-corrected chi connectivity index (χ0v) is 14.5. The van der Waals surface area contributed by atoms with Crippen molar-refractivity contribution in [1.82, 2.24) is 10.2 Å². The second-order valence-corrected chi connectivity index (χ2v) is 8.37. The standard InChI is InChI=1S/C13H16Br2N2OS/c14-8-7-11(19-12(8)15)13(18)17-6-2-4-10(17)9-3-1-5-16-9/h7,9-10,16H,1-6H2. The number of nitrogens with one attached hydrogen (secondary N) is 1. The van der Waals surface area contributed by atoms with E-state index in [1.54, 1.807) is 0 Å². The Labute approximate surface area is 134 Å². The maximum Gasteiger partial charge on any atom is 0.264 e. The van der Waals surface area contributed by atoms with Gasteiger partial charge in [0.25, 0.3) is 5.91 Å². The van der Waals surface area contributed by atoms with Gasteiger partial charge in [-0.2, -0.15) is 0 Å². The topological polar surface area (TPSA) is 32.3 Å². The number of carbonyl (C=O) groups is 1. The molecule has 0 bridgehead atoms. The number of hydrogen-bond donors (Lipinski definition) is 1. The first-order valence-electron chi connectivity index (χ1n) is 6.66. The van der Waals surface area contributed by atoms with Crippen molar-refractivity contribution >= 4 is 49.1 Å². The summed E-state index contributed by atoms with van der Waals surface area (Å²) in [6.07, 6.45) is 4.70. The van der Waals surface area contributed by atoms with Crippen molar-refractivity contribution in [2.45, 2.75) is 37.8 Å². The number of amides is 1. The number of nitrogens with zero attached hydrogens (tertiary/aromatic N) is 1. The Morgan fingerprint density at radius 2 is 2.21 bits per heavy atom. The Bertz CT molecular complexity index is 465. The summed E-state index contributed by atoms with van der Waals surface area (Å²) in [5.41, 5.74) is 0. The molecule has 19 heavy (non-hydrogen) atoms. The Kier molecular flexibility index (Phi) is 4.31. The second-order valence-electron chi connectivity index (χ2n) is 5.14. The van der Waals surface area contributed by atoms with Crippen LogP contribution in [0.1, 0.15) is 35.4 Å². The fourth-order valence-electron chi connectivity index (χ4n) is 3.10. The van der Waals surface area contributed by atoms with Crippen LogP contribution in [0.4, 0.5) is 0 Å². The van der Waals surface area contributed by atoms with Crippen molar-refractivity contribution in [2.24, 2.45) is 0 Å². The van der Waals surface area contributed by atoms with Crippen LogP contribution in [0.3, 0.4) is 0 Å². The van der Waals surface area contributed by atoms with Crippen LogP contribution in [-0.2, 0) is 0 Å². The summed E-state index contributed by atoms with van der Waals surface area (Å²) in [5.74, 6) is 0.188. The molecule has 1 aromatic rings. The zero-order valence-electron chi connectivity index (χ0n) is 10.5. The number of thiophene rings is 1. The number of carbonyl (C=O) groups excluding carboxylic acids is 1. The molecule has 2 saturated heterocycles. The molecule has 1 N–H and O–H groups in total. The molecule has 6 heteroatoms. The molecule has 0 spiro atoms. The summed E-state index contributed by atoms with van der Waals surface area (Å²) < 4.78 is 1.96. The van der Waals surface area contributed by atoms with Crippen molar-refractivity contribution in [3.63, 3.8) is 0 Å². The minimum Gasteiger partial charge on any atom is -0.333 e. The van der Waals surface area contributed by atoms with Crippen LogP contribution in [0, 0.1) is 0 Å². The van der Waals surface area contributed by atoms with E-state index in [-0.39, 0.29) is 5.91 Å². The molecule has 2 atom stereocenters. The summed E-state index contributed by atoms with van der Waals surface area (Å²) >= 11 is 8.43. The van der Waals surface area contributed by atoms with Gasteiger partial charge in [-0.05, 0) is 70.2 Å². The lowest BCUT2D eigenvalue weighted by molar-refractivity contribution is 0.0716. The van der Waals surface area contributed by atoms with Crippen LogP contribution < -0.4 is 5.32 Å². The quantitative estimate of drug-likeness (QED) is 0.811. The average Bonchev–Trinajstić information content (AvgIpc) is 3.09. The van der Waals surface area contributed by atoms with E-state index >= 15 is 0 Å². The molecule has 1 amide bonds. The van der Waals surface area contributed by atoms with Crippen molar-refractivity contribution in [2.75, 3.05) is 13.1 Å². The van der Waals surface area contributed by atoms with E-state index in [1.807, 2.05) is 6.07 Å². The summed E-state index contributed by atoms with van der Waals surface area (Å²) in [7, 11) is 0. The lowest BCUT2D eigenvalue weighted by Crippen LogP contribution is -2.46. The van der Waals surface area contributed by atoms with E-state index in [0.29, 0.717) is 12.1 Å². The van der Waals surface area contributed by atoms with Crippen LogP contribution in [0.5, 0.6) is 0 Å². The zero-order chi connectivity index (χ0) is 13.4. The molecule has 1 aromatic heterocycles. The second kappa shape index (κ2) is 5.84. The highest BCUT2D eigenvalue weighted by atomic mass is 79.9. The van der Waals surface area contributed by atoms with Crippen molar-refractivity contribution < 1.29 is 4.79 Å². The first kappa shape index (κ1) is 14.0. The smallest absolute Gasteiger partial charge is 0.264 e. The monoisotopic (exact) mass is 406 g/mol. The van der Waals surface area contributed by atoms with E-state index in [2.05, 4.69) is 42.1 Å². The van der Waals surface area contributed by atoms with Crippen LogP contribution in [0.2, 0.25) is 0 Å². The van der Waals surface area contributed by atoms with Crippen molar-refractivity contribution in [3.8, 4) is 0 Å². The molecule has 2 fully saturated rings. The average molecular weight is 408 g/mol. The molecule has 3 heterocycles. The number of halogens is 2. The maximum atomic E-state index is 12.6. The first-order chi connectivity index (χ1) is 9.16. The SMILES string of the molecule is O=C(c1cc(Br)c(Br)s1)N1CCCC1C1CCCN1. The van der Waals surface area contributed by atoms with Crippen LogP contribution in [0.15, 0.2) is 14.3 Å². The van der Waals surface area contributed by atoms with Crippen LogP contribution in [-0.4, -0.2) is 36.0 Å². The van der Waals surface area contributed by atoms with Gasteiger partial charge in [-0.25, -0.2) is 0 Å². The lowest BCUT2D eigenvalue weighted by atomic mass is 10.0. The third-order valence-electron chi connectivity index (χ3n) is 3.98. The van der Waals surface area contributed by atoms with Gasteiger partial charge in [-0.15, -0.1) is 11.3 Å². The number of likely N-dealkylation sites (tertiary alicyclic amines) is 1. The normalized spacial score (nSPS) is 27.2. The molecule has 0 saturated carbocycles. The summed E-state index contributed by atoms with van der Waals surface area (Å²) in [6.45, 7) is 1.99. The minimum absolute atomic E-state index is 0.188. The highest BCUT2D eigenvalue weighted by molar-refractivity contribution is 9.13. The summed E-state index contributed by atoms with van der Waals surface area (Å²) in [5, 5.41) is 3.54. The van der Waals surface area contributed by atoms with E-state index in [9.17, 15) is 4.79 Å². The molecule has 2 unspecified atom stereocenters. The van der Waals surface area contributed by atoms with Gasteiger partial charge in [-0.3, -0.25) is 4.79 Å². The van der Waals surface area contributed by atoms with Gasteiger partial charge in [0.15, 0.2) is 0 Å². The van der Waals surface area contributed by atoms with E-state index < -0.39 is 0 Å². The van der Waals surface area contributed by atoms with Crippen molar-refractivity contribution in [3.05, 3.63) is 19.2 Å². The fraction of sp³-hybridized carbons (Fsp3) is 0.615. The molecule has 2 aliphatic heterocycles. The molecule has 104 valence electrons. The first-order valence-corrected chi connectivity index (χ1v) is 9.06. The maximum absolute atomic E-state index is 12.6. The molecule has 2 aliphatic rings. The number of hydrogen-bond acceptors (Lipinski definition) is 3. The molecule has 0 radical (unpaired) electrons. The van der Waals surface area contributed by atoms with Gasteiger partial charge < -0.3 is 10.2 Å². The molecular weight excluding hydrogens is 392 g/mol. The van der Waals surface area contributed by atoms with Crippen LogP contribution >= 0.6 is 43.2 Å². The Hall–Kier alpha value is 0.0900. The fourth-order valence-corrected chi connectivity index (χ4v) is 5.09. The van der Waals surface area contributed by atoms with E-state index in [4.69, 9.17) is 0 Å². The van der Waals surface area contributed by atoms with Gasteiger partial charge in [0, 0.05) is 23.1 Å². The van der Waals surface area contributed by atoms with E-state index in [0.717, 1.165) is 39.1 Å². The van der Waals surface area contributed by atoms with Crippen molar-refractivity contribution in [1.29, 1.82) is 0 Å². The predicted octanol–water partition coefficient (Wildman–Crippen LogP) is 3.63. The van der Waals surface area contributed by atoms with E-state index in [1.165, 1.54) is 24.2 Å². The highest BCUT2D eigenvalue weighted by Gasteiger charge is 2.36. The third kappa shape index (κ3) is 2.77. The molecule has 0 aliphatic carbocycles. The van der Waals surface area contributed by atoms with Gasteiger partial charge in [0.1, 0.15) is 0 Å². The summed E-state index contributed by atoms with van der Waals surface area (Å²) in [4.78, 5) is 15.5. The summed E-state index contributed by atoms with van der Waals surface area (Å²) in [6, 6.07) is 2.81. The van der Waals surface area contributed by atoms with Crippen LogP contribution in [0.25, 0.3) is 0 Å². The van der Waals surface area contributed by atoms with Gasteiger partial charge in [-0.1, -0.05) is 0 Å². The predicted molar refractivity (Wildman–Crippen MR) is 84.8 cm³/mol. The van der Waals surface area contributed by atoms with Gasteiger partial charge in [0.05, 0.1) is 8.66 Å². The minimum atomic E-state index is 0.188. The largest absolute Gasteiger partial charge is 0.333 e. The molecule has 3 nitrogen and oxygen atoms in total.